The number of hydrogen-bond donors (Lipinski definition) is 0. The third-order valence-corrected chi connectivity index (χ3v) is 4.35. The molecule has 2 fully saturated rings. The molecule has 0 spiro atoms. The van der Waals surface area contributed by atoms with Crippen molar-refractivity contribution in [3.05, 3.63) is 29.6 Å². The van der Waals surface area contributed by atoms with Gasteiger partial charge in [-0.05, 0) is 44.9 Å². The highest BCUT2D eigenvalue weighted by molar-refractivity contribution is 5.94. The summed E-state index contributed by atoms with van der Waals surface area (Å²) in [5.41, 5.74) is 0.311. The topological polar surface area (TPSA) is 49.9 Å². The fourth-order valence-electron chi connectivity index (χ4n) is 2.88. The normalized spacial score (nSPS) is 18.0. The Bertz CT molecular complexity index is 635. The van der Waals surface area contributed by atoms with Gasteiger partial charge in [-0.1, -0.05) is 0 Å². The molecule has 1 heterocycles. The van der Waals surface area contributed by atoms with Gasteiger partial charge in [0.15, 0.2) is 11.6 Å². The molecule has 3 rings (SSSR count). The number of nitrogens with zero attached hydrogens (tertiary/aromatic N) is 2. The minimum Gasteiger partial charge on any atom is -0.488 e. The Hall–Kier alpha value is -2.11. The third kappa shape index (κ3) is 3.68. The summed E-state index contributed by atoms with van der Waals surface area (Å²) in [6.45, 7) is 5.73. The quantitative estimate of drug-likeness (QED) is 0.849. The van der Waals surface area contributed by atoms with Crippen molar-refractivity contribution < 1.29 is 18.7 Å². The number of benzene rings is 1. The van der Waals surface area contributed by atoms with Crippen LogP contribution in [-0.4, -0.2) is 53.9 Å². The lowest BCUT2D eigenvalue weighted by atomic mass is 10.1. The Balaban J connectivity index is 1.60. The predicted molar refractivity (Wildman–Crippen MR) is 87.4 cm³/mol. The maximum atomic E-state index is 14.1. The molecule has 1 saturated heterocycles. The number of piperazine rings is 1. The van der Waals surface area contributed by atoms with Crippen LogP contribution in [0.1, 0.15) is 37.0 Å². The van der Waals surface area contributed by atoms with Gasteiger partial charge in [0.25, 0.3) is 5.91 Å². The minimum absolute atomic E-state index is 0.127. The summed E-state index contributed by atoms with van der Waals surface area (Å²) in [5, 5.41) is 0. The van der Waals surface area contributed by atoms with Gasteiger partial charge < -0.3 is 14.5 Å². The lowest BCUT2D eigenvalue weighted by molar-refractivity contribution is -0.134. The molecule has 2 amide bonds. The van der Waals surface area contributed by atoms with E-state index in [-0.39, 0.29) is 29.6 Å². The van der Waals surface area contributed by atoms with E-state index in [1.54, 1.807) is 11.0 Å². The van der Waals surface area contributed by atoms with E-state index in [1.807, 2.05) is 18.7 Å². The van der Waals surface area contributed by atoms with Crippen molar-refractivity contribution in [2.45, 2.75) is 32.8 Å². The Labute approximate surface area is 141 Å². The highest BCUT2D eigenvalue weighted by atomic mass is 19.1. The standard InChI is InChI=1S/C18H23FN2O3/c1-12(2)24-16-6-5-14(11-15(16)19)18(23)21-9-7-20(8-10-21)17(22)13-3-4-13/h5-6,11-13H,3-4,7-10H2,1-2H3. The van der Waals surface area contributed by atoms with E-state index in [4.69, 9.17) is 4.74 Å². The zero-order valence-corrected chi connectivity index (χ0v) is 14.1. The molecule has 24 heavy (non-hydrogen) atoms. The van der Waals surface area contributed by atoms with Gasteiger partial charge in [0.05, 0.1) is 6.10 Å². The Kier molecular flexibility index (Phi) is 4.73. The molecule has 2 aliphatic rings. The van der Waals surface area contributed by atoms with Gasteiger partial charge in [-0.3, -0.25) is 9.59 Å². The second kappa shape index (κ2) is 6.79. The van der Waals surface area contributed by atoms with Crippen LogP contribution in [-0.2, 0) is 4.79 Å². The lowest BCUT2D eigenvalue weighted by Crippen LogP contribution is -2.51. The van der Waals surface area contributed by atoms with Crippen LogP contribution in [0.4, 0.5) is 4.39 Å². The summed E-state index contributed by atoms with van der Waals surface area (Å²) >= 11 is 0. The van der Waals surface area contributed by atoms with Crippen LogP contribution < -0.4 is 4.74 Å². The number of amides is 2. The molecule has 0 unspecified atom stereocenters. The molecular weight excluding hydrogens is 311 g/mol. The number of carbonyl (C=O) groups excluding carboxylic acids is 2. The first kappa shape index (κ1) is 16.7. The SMILES string of the molecule is CC(C)Oc1ccc(C(=O)N2CCN(C(=O)C3CC3)CC2)cc1F. The van der Waals surface area contributed by atoms with E-state index in [0.29, 0.717) is 31.7 Å². The van der Waals surface area contributed by atoms with E-state index in [2.05, 4.69) is 0 Å². The van der Waals surface area contributed by atoms with E-state index in [9.17, 15) is 14.0 Å². The van der Waals surface area contributed by atoms with Crippen molar-refractivity contribution in [3.63, 3.8) is 0 Å². The molecule has 0 N–H and O–H groups in total. The van der Waals surface area contributed by atoms with E-state index in [0.717, 1.165) is 12.8 Å². The van der Waals surface area contributed by atoms with E-state index < -0.39 is 5.82 Å². The first-order valence-electron chi connectivity index (χ1n) is 8.50. The molecule has 0 atom stereocenters. The van der Waals surface area contributed by atoms with E-state index in [1.165, 1.54) is 12.1 Å². The number of carbonyl (C=O) groups is 2. The van der Waals surface area contributed by atoms with Gasteiger partial charge in [-0.25, -0.2) is 4.39 Å². The van der Waals surface area contributed by atoms with Crippen molar-refractivity contribution in [1.82, 2.24) is 9.80 Å². The first-order valence-corrected chi connectivity index (χ1v) is 8.50. The van der Waals surface area contributed by atoms with Crippen LogP contribution in [0, 0.1) is 11.7 Å². The fourth-order valence-corrected chi connectivity index (χ4v) is 2.88. The maximum absolute atomic E-state index is 14.1. The Morgan fingerprint density at radius 1 is 1.12 bits per heavy atom. The van der Waals surface area contributed by atoms with Crippen LogP contribution in [0.5, 0.6) is 5.75 Å². The molecule has 1 aromatic carbocycles. The number of ether oxygens (including phenoxy) is 1. The van der Waals surface area contributed by atoms with Crippen LogP contribution >= 0.6 is 0 Å². The average Bonchev–Trinajstić information content (AvgIpc) is 3.40. The van der Waals surface area contributed by atoms with Gasteiger partial charge in [0.1, 0.15) is 0 Å². The number of hydrogen-bond acceptors (Lipinski definition) is 3. The molecule has 1 aromatic rings. The van der Waals surface area contributed by atoms with Gasteiger partial charge in [-0.15, -0.1) is 0 Å². The maximum Gasteiger partial charge on any atom is 0.254 e. The average molecular weight is 334 g/mol. The molecule has 1 saturated carbocycles. The van der Waals surface area contributed by atoms with Crippen LogP contribution in [0.15, 0.2) is 18.2 Å². The van der Waals surface area contributed by atoms with Gasteiger partial charge >= 0.3 is 0 Å². The Morgan fingerprint density at radius 2 is 1.75 bits per heavy atom. The predicted octanol–water partition coefficient (Wildman–Crippen LogP) is 2.31. The summed E-state index contributed by atoms with van der Waals surface area (Å²) < 4.78 is 19.4. The molecule has 130 valence electrons. The van der Waals surface area contributed by atoms with Crippen molar-refractivity contribution in [2.75, 3.05) is 26.2 Å². The van der Waals surface area contributed by atoms with Gasteiger partial charge in [0, 0.05) is 37.7 Å². The summed E-state index contributed by atoms with van der Waals surface area (Å²) in [4.78, 5) is 28.1. The van der Waals surface area contributed by atoms with Crippen LogP contribution in [0.3, 0.4) is 0 Å². The van der Waals surface area contributed by atoms with Crippen LogP contribution in [0.25, 0.3) is 0 Å². The summed E-state index contributed by atoms with van der Waals surface area (Å²) in [7, 11) is 0. The van der Waals surface area contributed by atoms with Crippen LogP contribution in [0.2, 0.25) is 0 Å². The molecule has 1 aliphatic heterocycles. The second-order valence-electron chi connectivity index (χ2n) is 6.70. The largest absolute Gasteiger partial charge is 0.488 e. The molecule has 5 nitrogen and oxygen atoms in total. The molecular formula is C18H23FN2O3. The Morgan fingerprint density at radius 3 is 2.29 bits per heavy atom. The first-order chi connectivity index (χ1) is 11.5. The summed E-state index contributed by atoms with van der Waals surface area (Å²) in [5.74, 6) is -0.166. The van der Waals surface area contributed by atoms with Gasteiger partial charge in [-0.2, -0.15) is 0 Å². The number of halogens is 1. The zero-order valence-electron chi connectivity index (χ0n) is 14.1. The fraction of sp³-hybridized carbons (Fsp3) is 0.556. The number of rotatable bonds is 4. The van der Waals surface area contributed by atoms with Crippen molar-refractivity contribution >= 4 is 11.8 Å². The smallest absolute Gasteiger partial charge is 0.254 e. The monoisotopic (exact) mass is 334 g/mol. The third-order valence-electron chi connectivity index (χ3n) is 4.35. The molecule has 6 heteroatoms. The van der Waals surface area contributed by atoms with Crippen molar-refractivity contribution in [1.29, 1.82) is 0 Å². The van der Waals surface area contributed by atoms with Crippen molar-refractivity contribution in [2.24, 2.45) is 5.92 Å². The molecule has 0 radical (unpaired) electrons. The highest BCUT2D eigenvalue weighted by Gasteiger charge is 2.35. The zero-order chi connectivity index (χ0) is 17.3. The molecule has 0 aromatic heterocycles. The molecule has 1 aliphatic carbocycles. The lowest BCUT2D eigenvalue weighted by Gasteiger charge is -2.35. The minimum atomic E-state index is -0.530. The molecule has 0 bridgehead atoms. The summed E-state index contributed by atoms with van der Waals surface area (Å²) in [6, 6.07) is 4.31. The van der Waals surface area contributed by atoms with E-state index >= 15 is 0 Å². The second-order valence-corrected chi connectivity index (χ2v) is 6.70. The van der Waals surface area contributed by atoms with Crippen molar-refractivity contribution in [3.8, 4) is 5.75 Å². The van der Waals surface area contributed by atoms with Gasteiger partial charge in [0.2, 0.25) is 5.91 Å². The highest BCUT2D eigenvalue weighted by Crippen LogP contribution is 2.31. The summed E-state index contributed by atoms with van der Waals surface area (Å²) in [6.07, 6.45) is 1.85.